The number of aromatic hydroxyl groups is 1. The molecule has 0 radical (unpaired) electrons. The van der Waals surface area contributed by atoms with Gasteiger partial charge in [-0.3, -0.25) is 4.79 Å². The van der Waals surface area contributed by atoms with Gasteiger partial charge in [-0.1, -0.05) is 60.7 Å². The minimum atomic E-state index is -1.93. The summed E-state index contributed by atoms with van der Waals surface area (Å²) in [6, 6.07) is 20.3. The standard InChI is InChI=1S/C23H22N2O5/c1-29-19-13-16(14-20(30-2)21(19)26)15-24-25-22(27)23(28,17-9-5-3-6-10-17)18-11-7-4-8-12-18/h3-15,26,28H,1-2H3,(H,25,27)/b24-15+. The molecule has 0 spiro atoms. The van der Waals surface area contributed by atoms with E-state index in [0.29, 0.717) is 16.7 Å². The predicted molar refractivity (Wildman–Crippen MR) is 113 cm³/mol. The third-order valence-corrected chi connectivity index (χ3v) is 4.59. The van der Waals surface area contributed by atoms with Crippen molar-refractivity contribution in [3.63, 3.8) is 0 Å². The fraction of sp³-hybridized carbons (Fsp3) is 0.130. The molecule has 0 atom stereocenters. The Bertz CT molecular complexity index is 971. The molecule has 7 heteroatoms. The van der Waals surface area contributed by atoms with Crippen LogP contribution in [-0.2, 0) is 10.4 Å². The Kier molecular flexibility index (Phi) is 6.34. The molecule has 0 aromatic heterocycles. The molecule has 0 aliphatic heterocycles. The van der Waals surface area contributed by atoms with E-state index in [9.17, 15) is 15.0 Å². The van der Waals surface area contributed by atoms with Crippen LogP contribution in [0.15, 0.2) is 77.9 Å². The second-order valence-corrected chi connectivity index (χ2v) is 6.42. The maximum atomic E-state index is 13.0. The topological polar surface area (TPSA) is 100 Å². The molecule has 0 saturated carbocycles. The molecule has 0 unspecified atom stereocenters. The fourth-order valence-electron chi connectivity index (χ4n) is 3.02. The molecule has 3 aromatic carbocycles. The van der Waals surface area contributed by atoms with E-state index in [1.165, 1.54) is 32.6 Å². The second-order valence-electron chi connectivity index (χ2n) is 6.42. The van der Waals surface area contributed by atoms with Gasteiger partial charge in [-0.25, -0.2) is 5.43 Å². The first kappa shape index (κ1) is 20.9. The van der Waals surface area contributed by atoms with Gasteiger partial charge in [0.2, 0.25) is 5.75 Å². The van der Waals surface area contributed by atoms with E-state index >= 15 is 0 Å². The molecule has 0 fully saturated rings. The summed E-state index contributed by atoms with van der Waals surface area (Å²) >= 11 is 0. The summed E-state index contributed by atoms with van der Waals surface area (Å²) in [7, 11) is 2.83. The molecule has 0 heterocycles. The summed E-state index contributed by atoms with van der Waals surface area (Å²) in [4.78, 5) is 13.0. The molecule has 1 amide bonds. The van der Waals surface area contributed by atoms with Crippen LogP contribution in [0.5, 0.6) is 17.2 Å². The summed E-state index contributed by atoms with van der Waals surface area (Å²) in [5, 5.41) is 25.3. The van der Waals surface area contributed by atoms with Gasteiger partial charge >= 0.3 is 0 Å². The molecule has 30 heavy (non-hydrogen) atoms. The van der Waals surface area contributed by atoms with E-state index in [1.807, 2.05) is 0 Å². The van der Waals surface area contributed by atoms with Crippen LogP contribution in [0.4, 0.5) is 0 Å². The Labute approximate surface area is 174 Å². The highest BCUT2D eigenvalue weighted by molar-refractivity contribution is 5.91. The van der Waals surface area contributed by atoms with Crippen molar-refractivity contribution >= 4 is 12.1 Å². The Morgan fingerprint density at radius 3 is 1.83 bits per heavy atom. The van der Waals surface area contributed by atoms with E-state index in [4.69, 9.17) is 9.47 Å². The summed E-state index contributed by atoms with van der Waals surface area (Å²) < 4.78 is 10.2. The van der Waals surface area contributed by atoms with Crippen LogP contribution >= 0.6 is 0 Å². The van der Waals surface area contributed by atoms with Crippen LogP contribution in [0.3, 0.4) is 0 Å². The van der Waals surface area contributed by atoms with Crippen molar-refractivity contribution in [3.8, 4) is 17.2 Å². The van der Waals surface area contributed by atoms with Gasteiger partial charge in [0.05, 0.1) is 20.4 Å². The van der Waals surface area contributed by atoms with Crippen molar-refractivity contribution in [2.24, 2.45) is 5.10 Å². The first-order valence-electron chi connectivity index (χ1n) is 9.12. The van der Waals surface area contributed by atoms with Gasteiger partial charge in [-0.15, -0.1) is 0 Å². The lowest BCUT2D eigenvalue weighted by molar-refractivity contribution is -0.136. The van der Waals surface area contributed by atoms with E-state index in [0.717, 1.165) is 0 Å². The van der Waals surface area contributed by atoms with Crippen molar-refractivity contribution in [1.29, 1.82) is 0 Å². The number of aliphatic hydroxyl groups is 1. The Morgan fingerprint density at radius 1 is 0.933 bits per heavy atom. The van der Waals surface area contributed by atoms with Gasteiger partial charge in [0.25, 0.3) is 5.91 Å². The van der Waals surface area contributed by atoms with E-state index < -0.39 is 11.5 Å². The smallest absolute Gasteiger partial charge is 0.281 e. The molecule has 7 nitrogen and oxygen atoms in total. The maximum Gasteiger partial charge on any atom is 0.281 e. The molecular weight excluding hydrogens is 384 g/mol. The van der Waals surface area contributed by atoms with Crippen molar-refractivity contribution < 1.29 is 24.5 Å². The first-order chi connectivity index (χ1) is 14.5. The fourth-order valence-corrected chi connectivity index (χ4v) is 3.02. The lowest BCUT2D eigenvalue weighted by Gasteiger charge is -2.27. The number of hydrogen-bond donors (Lipinski definition) is 3. The zero-order chi connectivity index (χ0) is 21.6. The number of amides is 1. The Balaban J connectivity index is 1.89. The predicted octanol–water partition coefficient (Wildman–Crippen LogP) is 2.80. The minimum absolute atomic E-state index is 0.135. The zero-order valence-electron chi connectivity index (χ0n) is 16.6. The molecule has 3 N–H and O–H groups in total. The van der Waals surface area contributed by atoms with Gasteiger partial charge in [-0.05, 0) is 23.3 Å². The Morgan fingerprint density at radius 2 is 1.40 bits per heavy atom. The van der Waals surface area contributed by atoms with Crippen LogP contribution in [0.2, 0.25) is 0 Å². The molecule has 0 aliphatic rings. The number of hydrogen-bond acceptors (Lipinski definition) is 6. The molecule has 0 bridgehead atoms. The number of carbonyl (C=O) groups excluding carboxylic acids is 1. The van der Waals surface area contributed by atoms with Crippen LogP contribution in [0.1, 0.15) is 16.7 Å². The van der Waals surface area contributed by atoms with Crippen LogP contribution in [0, 0.1) is 0 Å². The number of benzene rings is 3. The molecule has 3 aromatic rings. The third-order valence-electron chi connectivity index (χ3n) is 4.59. The number of nitrogens with one attached hydrogen (secondary N) is 1. The third kappa shape index (κ3) is 4.11. The van der Waals surface area contributed by atoms with Crippen molar-refractivity contribution in [2.45, 2.75) is 5.60 Å². The summed E-state index contributed by atoms with van der Waals surface area (Å²) in [6.45, 7) is 0. The molecule has 154 valence electrons. The summed E-state index contributed by atoms with van der Waals surface area (Å²) in [6.07, 6.45) is 1.36. The highest BCUT2D eigenvalue weighted by Gasteiger charge is 2.39. The summed E-state index contributed by atoms with van der Waals surface area (Å²) in [5.74, 6) is -0.447. The molecule has 0 saturated heterocycles. The van der Waals surface area contributed by atoms with E-state index in [-0.39, 0.29) is 17.2 Å². The van der Waals surface area contributed by atoms with Crippen LogP contribution in [0.25, 0.3) is 0 Å². The van der Waals surface area contributed by atoms with Gasteiger partial charge in [0.15, 0.2) is 17.1 Å². The van der Waals surface area contributed by atoms with Gasteiger partial charge in [-0.2, -0.15) is 5.10 Å². The van der Waals surface area contributed by atoms with E-state index in [2.05, 4.69) is 10.5 Å². The normalized spacial score (nSPS) is 11.3. The number of ether oxygens (including phenoxy) is 2. The molecule has 0 aliphatic carbocycles. The zero-order valence-corrected chi connectivity index (χ0v) is 16.6. The second kappa shape index (κ2) is 9.11. The minimum Gasteiger partial charge on any atom is -0.502 e. The Hall–Kier alpha value is -3.84. The average molecular weight is 406 g/mol. The molecular formula is C23H22N2O5. The van der Waals surface area contributed by atoms with Crippen molar-refractivity contribution in [1.82, 2.24) is 5.43 Å². The van der Waals surface area contributed by atoms with Gasteiger partial charge in [0, 0.05) is 5.56 Å². The van der Waals surface area contributed by atoms with Gasteiger partial charge in [0.1, 0.15) is 0 Å². The highest BCUT2D eigenvalue weighted by atomic mass is 16.5. The number of nitrogens with zero attached hydrogens (tertiary/aromatic N) is 1. The monoisotopic (exact) mass is 406 g/mol. The quantitative estimate of drug-likeness (QED) is 0.414. The summed E-state index contributed by atoms with van der Waals surface area (Å²) in [5.41, 5.74) is 1.81. The number of phenols is 1. The van der Waals surface area contributed by atoms with Crippen molar-refractivity contribution in [2.75, 3.05) is 14.2 Å². The van der Waals surface area contributed by atoms with Crippen LogP contribution < -0.4 is 14.9 Å². The van der Waals surface area contributed by atoms with Gasteiger partial charge < -0.3 is 19.7 Å². The number of carbonyl (C=O) groups is 1. The first-order valence-corrected chi connectivity index (χ1v) is 9.12. The average Bonchev–Trinajstić information content (AvgIpc) is 2.80. The number of phenolic OH excluding ortho intramolecular Hbond substituents is 1. The van der Waals surface area contributed by atoms with E-state index in [1.54, 1.807) is 60.7 Å². The van der Waals surface area contributed by atoms with Crippen molar-refractivity contribution in [3.05, 3.63) is 89.5 Å². The number of hydrazone groups is 1. The largest absolute Gasteiger partial charge is 0.502 e. The SMILES string of the molecule is COc1cc(/C=N/NC(=O)C(O)(c2ccccc2)c2ccccc2)cc(OC)c1O. The number of rotatable bonds is 7. The lowest BCUT2D eigenvalue weighted by atomic mass is 9.85. The maximum absolute atomic E-state index is 13.0. The molecule has 3 rings (SSSR count). The van der Waals surface area contributed by atoms with Crippen LogP contribution in [-0.4, -0.2) is 36.6 Å². The lowest BCUT2D eigenvalue weighted by Crippen LogP contribution is -2.43. The highest BCUT2D eigenvalue weighted by Crippen LogP contribution is 2.36. The number of methoxy groups -OCH3 is 2.